The SMILES string of the molecule is C=C/C=c1/cnn(C(C)C)/c1=C/C. The zero-order valence-corrected chi connectivity index (χ0v) is 8.49. The van der Waals surface area contributed by atoms with Gasteiger partial charge in [0.05, 0.1) is 11.5 Å². The smallest absolute Gasteiger partial charge is 0.0642 e. The maximum Gasteiger partial charge on any atom is 0.0642 e. The highest BCUT2D eigenvalue weighted by atomic mass is 15.3. The van der Waals surface area contributed by atoms with Gasteiger partial charge >= 0.3 is 0 Å². The fraction of sp³-hybridized carbons (Fsp3) is 0.364. The van der Waals surface area contributed by atoms with Gasteiger partial charge in [0.1, 0.15) is 0 Å². The molecule has 0 unspecified atom stereocenters. The molecule has 13 heavy (non-hydrogen) atoms. The predicted octanol–water partition coefficient (Wildman–Crippen LogP) is 1.23. The molecule has 2 heteroatoms. The van der Waals surface area contributed by atoms with Crippen LogP contribution in [0.2, 0.25) is 0 Å². The summed E-state index contributed by atoms with van der Waals surface area (Å²) in [6, 6.07) is 0.401. The molecule has 0 aliphatic carbocycles. The second-order valence-corrected chi connectivity index (χ2v) is 3.21. The van der Waals surface area contributed by atoms with E-state index in [2.05, 4.69) is 31.6 Å². The molecule has 1 rings (SSSR count). The van der Waals surface area contributed by atoms with Crippen molar-refractivity contribution in [2.75, 3.05) is 0 Å². The molecule has 0 aromatic carbocycles. The highest BCUT2D eigenvalue weighted by Gasteiger charge is 1.99. The Labute approximate surface area is 78.9 Å². The first kappa shape index (κ1) is 9.78. The summed E-state index contributed by atoms with van der Waals surface area (Å²) in [6.07, 6.45) is 7.70. The zero-order chi connectivity index (χ0) is 9.84. The molecule has 1 aromatic rings. The topological polar surface area (TPSA) is 17.8 Å². The van der Waals surface area contributed by atoms with E-state index in [1.807, 2.05) is 23.9 Å². The molecule has 0 radical (unpaired) electrons. The van der Waals surface area contributed by atoms with Crippen molar-refractivity contribution in [3.8, 4) is 0 Å². The summed E-state index contributed by atoms with van der Waals surface area (Å²) in [5, 5.41) is 6.60. The molecule has 1 heterocycles. The van der Waals surface area contributed by atoms with Crippen LogP contribution in [-0.2, 0) is 0 Å². The van der Waals surface area contributed by atoms with E-state index in [0.717, 1.165) is 10.6 Å². The van der Waals surface area contributed by atoms with Crippen LogP contribution in [-0.4, -0.2) is 9.78 Å². The lowest BCUT2D eigenvalue weighted by atomic mass is 10.3. The number of hydrogen-bond donors (Lipinski definition) is 0. The molecule has 70 valence electrons. The van der Waals surface area contributed by atoms with Gasteiger partial charge in [-0.1, -0.05) is 24.8 Å². The van der Waals surface area contributed by atoms with E-state index >= 15 is 0 Å². The van der Waals surface area contributed by atoms with Crippen LogP contribution in [0, 0.1) is 0 Å². The molecule has 0 N–H and O–H groups in total. The van der Waals surface area contributed by atoms with Gasteiger partial charge in [0.15, 0.2) is 0 Å². The van der Waals surface area contributed by atoms with Gasteiger partial charge in [-0.25, -0.2) is 0 Å². The Bertz CT molecular complexity index is 396. The van der Waals surface area contributed by atoms with Crippen LogP contribution in [0.15, 0.2) is 18.9 Å². The van der Waals surface area contributed by atoms with E-state index in [0.29, 0.717) is 6.04 Å². The fourth-order valence-electron chi connectivity index (χ4n) is 1.35. The van der Waals surface area contributed by atoms with E-state index in [-0.39, 0.29) is 0 Å². The van der Waals surface area contributed by atoms with Gasteiger partial charge in [-0.15, -0.1) is 0 Å². The van der Waals surface area contributed by atoms with Gasteiger partial charge in [-0.05, 0) is 20.8 Å². The Morgan fingerprint density at radius 2 is 2.23 bits per heavy atom. The lowest BCUT2D eigenvalue weighted by molar-refractivity contribution is 0.518. The lowest BCUT2D eigenvalue weighted by Crippen LogP contribution is -2.30. The van der Waals surface area contributed by atoms with Crippen molar-refractivity contribution in [1.29, 1.82) is 0 Å². The highest BCUT2D eigenvalue weighted by Crippen LogP contribution is 1.93. The maximum absolute atomic E-state index is 4.31. The fourth-order valence-corrected chi connectivity index (χ4v) is 1.35. The minimum atomic E-state index is 0.401. The quantitative estimate of drug-likeness (QED) is 0.662. The van der Waals surface area contributed by atoms with Crippen molar-refractivity contribution in [1.82, 2.24) is 9.78 Å². The average Bonchev–Trinajstić information content (AvgIpc) is 2.48. The molecule has 2 nitrogen and oxygen atoms in total. The summed E-state index contributed by atoms with van der Waals surface area (Å²) in [6.45, 7) is 9.95. The Morgan fingerprint density at radius 3 is 2.69 bits per heavy atom. The minimum absolute atomic E-state index is 0.401. The molecule has 0 atom stereocenters. The van der Waals surface area contributed by atoms with E-state index in [1.54, 1.807) is 6.08 Å². The van der Waals surface area contributed by atoms with Crippen LogP contribution in [0.3, 0.4) is 0 Å². The van der Waals surface area contributed by atoms with Crippen molar-refractivity contribution < 1.29 is 0 Å². The van der Waals surface area contributed by atoms with Crippen molar-refractivity contribution in [2.45, 2.75) is 26.8 Å². The summed E-state index contributed by atoms with van der Waals surface area (Å²) in [7, 11) is 0. The molecule has 0 aliphatic heterocycles. The van der Waals surface area contributed by atoms with Crippen LogP contribution in [0.4, 0.5) is 0 Å². The van der Waals surface area contributed by atoms with E-state index in [9.17, 15) is 0 Å². The highest BCUT2D eigenvalue weighted by molar-refractivity contribution is 5.35. The number of rotatable bonds is 2. The van der Waals surface area contributed by atoms with E-state index in [4.69, 9.17) is 0 Å². The molecule has 0 saturated carbocycles. The van der Waals surface area contributed by atoms with Gasteiger partial charge in [0.2, 0.25) is 0 Å². The molecule has 0 spiro atoms. The summed E-state index contributed by atoms with van der Waals surface area (Å²) in [4.78, 5) is 0. The van der Waals surface area contributed by atoms with Crippen molar-refractivity contribution in [3.05, 3.63) is 29.4 Å². The first-order valence-electron chi connectivity index (χ1n) is 4.53. The van der Waals surface area contributed by atoms with Gasteiger partial charge < -0.3 is 0 Å². The molecule has 0 fully saturated rings. The van der Waals surface area contributed by atoms with Gasteiger partial charge in [0, 0.05) is 11.3 Å². The number of aromatic nitrogens is 2. The van der Waals surface area contributed by atoms with E-state index < -0.39 is 0 Å². The second-order valence-electron chi connectivity index (χ2n) is 3.21. The van der Waals surface area contributed by atoms with Crippen LogP contribution in [0.1, 0.15) is 26.8 Å². The number of nitrogens with zero attached hydrogens (tertiary/aromatic N) is 2. The molecule has 1 aromatic heterocycles. The van der Waals surface area contributed by atoms with Crippen LogP contribution in [0.25, 0.3) is 12.2 Å². The average molecular weight is 176 g/mol. The molecule has 0 aliphatic rings. The monoisotopic (exact) mass is 176 g/mol. The van der Waals surface area contributed by atoms with Crippen LogP contribution >= 0.6 is 0 Å². The van der Waals surface area contributed by atoms with Crippen molar-refractivity contribution in [2.24, 2.45) is 0 Å². The van der Waals surface area contributed by atoms with Gasteiger partial charge in [-0.2, -0.15) is 5.10 Å². The van der Waals surface area contributed by atoms with Crippen LogP contribution < -0.4 is 10.6 Å². The Morgan fingerprint density at radius 1 is 1.54 bits per heavy atom. The molecule has 0 bridgehead atoms. The Balaban J connectivity index is 3.45. The summed E-state index contributed by atoms with van der Waals surface area (Å²) >= 11 is 0. The van der Waals surface area contributed by atoms with Crippen LogP contribution in [0.5, 0.6) is 0 Å². The lowest BCUT2D eigenvalue weighted by Gasteiger charge is -2.04. The number of allylic oxidation sites excluding steroid dienone is 1. The molecule has 0 amide bonds. The Kier molecular flexibility index (Phi) is 3.07. The normalized spacial score (nSPS) is 14.2. The largest absolute Gasteiger partial charge is 0.263 e. The van der Waals surface area contributed by atoms with Gasteiger partial charge in [0.25, 0.3) is 0 Å². The zero-order valence-electron chi connectivity index (χ0n) is 8.49. The summed E-state index contributed by atoms with van der Waals surface area (Å²) in [5.41, 5.74) is 0. The van der Waals surface area contributed by atoms with E-state index in [1.165, 1.54) is 0 Å². The molecule has 0 saturated heterocycles. The van der Waals surface area contributed by atoms with Gasteiger partial charge in [-0.3, -0.25) is 4.68 Å². The van der Waals surface area contributed by atoms with Crippen molar-refractivity contribution >= 4 is 12.2 Å². The van der Waals surface area contributed by atoms with Crippen molar-refractivity contribution in [3.63, 3.8) is 0 Å². The standard InChI is InChI=1S/C11H16N2/c1-5-7-10-8-12-13(9(3)4)11(10)6-2/h5-9H,1H2,2-4H3/b10-7-,11-6+. The second kappa shape index (κ2) is 4.08. The third-order valence-corrected chi connectivity index (χ3v) is 1.92. The molecular weight excluding hydrogens is 160 g/mol. The predicted molar refractivity (Wildman–Crippen MR) is 56.7 cm³/mol. The summed E-state index contributed by atoms with van der Waals surface area (Å²) in [5.74, 6) is 0. The third-order valence-electron chi connectivity index (χ3n) is 1.92. The first-order valence-corrected chi connectivity index (χ1v) is 4.53. The number of hydrogen-bond acceptors (Lipinski definition) is 1. The Hall–Kier alpha value is -1.31. The minimum Gasteiger partial charge on any atom is -0.263 e. The first-order chi connectivity index (χ1) is 6.20. The molecular formula is C11H16N2. The third kappa shape index (κ3) is 1.89. The summed E-state index contributed by atoms with van der Waals surface area (Å²) < 4.78 is 2.01. The maximum atomic E-state index is 4.31.